The maximum Gasteiger partial charge on any atom is 0.291 e. The van der Waals surface area contributed by atoms with E-state index in [1.165, 1.54) is 10.6 Å². The van der Waals surface area contributed by atoms with Crippen LogP contribution in [0.2, 0.25) is 0 Å². The third-order valence-corrected chi connectivity index (χ3v) is 4.45. The van der Waals surface area contributed by atoms with Gasteiger partial charge in [-0.15, -0.1) is 5.10 Å². The Morgan fingerprint density at radius 2 is 2.04 bits per heavy atom. The predicted octanol–water partition coefficient (Wildman–Crippen LogP) is 0.981. The van der Waals surface area contributed by atoms with Crippen LogP contribution in [0.5, 0.6) is 5.88 Å². The van der Waals surface area contributed by atoms with Gasteiger partial charge in [-0.1, -0.05) is 20.8 Å². The summed E-state index contributed by atoms with van der Waals surface area (Å²) in [5.74, 6) is -1.01. The second-order valence-electron chi connectivity index (χ2n) is 8.22. The molecule has 0 radical (unpaired) electrons. The number of nitrogens with zero attached hydrogens (tertiary/aromatic N) is 3. The van der Waals surface area contributed by atoms with E-state index in [0.29, 0.717) is 17.6 Å². The summed E-state index contributed by atoms with van der Waals surface area (Å²) in [5, 5.41) is 18.3. The molecular formula is C18H21N5O4. The summed E-state index contributed by atoms with van der Waals surface area (Å²) in [6.45, 7) is 6.27. The Morgan fingerprint density at radius 3 is 2.67 bits per heavy atom. The molecule has 3 aromatic rings. The second kappa shape index (κ2) is 5.70. The van der Waals surface area contributed by atoms with Crippen molar-refractivity contribution in [3.05, 3.63) is 38.4 Å². The number of pyridine rings is 1. The number of aromatic nitrogens is 4. The van der Waals surface area contributed by atoms with E-state index < -0.39 is 17.3 Å². The zero-order chi connectivity index (χ0) is 19.5. The molecule has 3 N–H and O–H groups in total. The Labute approximate surface area is 153 Å². The smallest absolute Gasteiger partial charge is 0.291 e. The van der Waals surface area contributed by atoms with Crippen molar-refractivity contribution in [2.75, 3.05) is 0 Å². The van der Waals surface area contributed by atoms with Crippen molar-refractivity contribution in [2.24, 2.45) is 5.41 Å². The first-order chi connectivity index (χ1) is 12.7. The summed E-state index contributed by atoms with van der Waals surface area (Å²) in [6, 6.07) is 2.93. The van der Waals surface area contributed by atoms with Crippen molar-refractivity contribution < 1.29 is 9.90 Å². The quantitative estimate of drug-likeness (QED) is 0.634. The van der Waals surface area contributed by atoms with Crippen LogP contribution in [0.1, 0.15) is 44.0 Å². The van der Waals surface area contributed by atoms with Gasteiger partial charge in [-0.3, -0.25) is 19.0 Å². The molecule has 0 bridgehead atoms. The molecule has 142 valence electrons. The van der Waals surface area contributed by atoms with Gasteiger partial charge in [0.1, 0.15) is 0 Å². The van der Waals surface area contributed by atoms with Crippen molar-refractivity contribution in [3.8, 4) is 5.88 Å². The minimum atomic E-state index is -0.720. The third kappa shape index (κ3) is 2.98. The van der Waals surface area contributed by atoms with E-state index >= 15 is 0 Å². The van der Waals surface area contributed by atoms with E-state index in [9.17, 15) is 19.5 Å². The summed E-state index contributed by atoms with van der Waals surface area (Å²) in [6.07, 6.45) is 1.72. The van der Waals surface area contributed by atoms with Crippen LogP contribution in [0.4, 0.5) is 0 Å². The molecule has 0 aliphatic heterocycles. The van der Waals surface area contributed by atoms with Crippen LogP contribution in [0.25, 0.3) is 16.7 Å². The summed E-state index contributed by atoms with van der Waals surface area (Å²) in [5.41, 5.74) is -1.10. The van der Waals surface area contributed by atoms with Crippen LogP contribution in [-0.4, -0.2) is 36.2 Å². The van der Waals surface area contributed by atoms with Gasteiger partial charge in [-0.2, -0.15) is 4.52 Å². The monoisotopic (exact) mass is 371 g/mol. The van der Waals surface area contributed by atoms with Gasteiger partial charge in [0.2, 0.25) is 11.4 Å². The number of carbonyl (C=O) groups is 1. The lowest BCUT2D eigenvalue weighted by Crippen LogP contribution is -2.35. The number of rotatable bonds is 3. The highest BCUT2D eigenvalue weighted by atomic mass is 16.3. The van der Waals surface area contributed by atoms with E-state index in [2.05, 4.69) is 15.4 Å². The number of hydrogen-bond acceptors (Lipinski definition) is 5. The van der Waals surface area contributed by atoms with Gasteiger partial charge in [0.15, 0.2) is 16.9 Å². The fourth-order valence-electron chi connectivity index (χ4n) is 3.13. The van der Waals surface area contributed by atoms with Crippen molar-refractivity contribution in [3.63, 3.8) is 0 Å². The molecule has 0 atom stereocenters. The maximum absolute atomic E-state index is 12.9. The molecule has 3 heterocycles. The topological polar surface area (TPSA) is 121 Å². The minimum absolute atomic E-state index is 0.0381. The molecule has 0 spiro atoms. The van der Waals surface area contributed by atoms with Crippen LogP contribution in [0.3, 0.4) is 0 Å². The average molecular weight is 371 g/mol. The Bertz CT molecular complexity index is 1190. The third-order valence-electron chi connectivity index (χ3n) is 4.45. The molecule has 3 aromatic heterocycles. The van der Waals surface area contributed by atoms with Crippen LogP contribution in [-0.2, 0) is 6.54 Å². The van der Waals surface area contributed by atoms with Crippen LogP contribution >= 0.6 is 0 Å². The van der Waals surface area contributed by atoms with Crippen molar-refractivity contribution in [1.82, 2.24) is 24.5 Å². The Hall–Kier alpha value is -3.10. The first-order valence-electron chi connectivity index (χ1n) is 8.84. The molecule has 1 aliphatic carbocycles. The molecule has 4 rings (SSSR count). The van der Waals surface area contributed by atoms with Gasteiger partial charge in [0.25, 0.3) is 11.5 Å². The number of carbonyl (C=O) groups excluding carboxylic acids is 1. The number of hydrogen-bond donors (Lipinski definition) is 3. The fraction of sp³-hybridized carbons (Fsp3) is 0.444. The molecule has 0 saturated heterocycles. The van der Waals surface area contributed by atoms with E-state index in [1.54, 1.807) is 6.07 Å². The number of H-pyrrole nitrogens is 1. The Morgan fingerprint density at radius 1 is 1.33 bits per heavy atom. The SMILES string of the molecule is CC(C)(C)Cn1c(O)c(C(=O)NC2CC2)c(=O)n2nc3[nH]c(=O)ccc3c12. The first-order valence-corrected chi connectivity index (χ1v) is 8.84. The molecule has 0 aromatic carbocycles. The lowest BCUT2D eigenvalue weighted by atomic mass is 9.96. The molecule has 1 fully saturated rings. The van der Waals surface area contributed by atoms with Gasteiger partial charge < -0.3 is 15.4 Å². The second-order valence-corrected chi connectivity index (χ2v) is 8.22. The zero-order valence-corrected chi connectivity index (χ0v) is 15.4. The molecule has 1 amide bonds. The highest BCUT2D eigenvalue weighted by molar-refractivity contribution is 5.98. The molecule has 9 nitrogen and oxygen atoms in total. The average Bonchev–Trinajstić information content (AvgIpc) is 3.28. The Kier molecular flexibility index (Phi) is 3.66. The van der Waals surface area contributed by atoms with Crippen LogP contribution < -0.4 is 16.4 Å². The summed E-state index contributed by atoms with van der Waals surface area (Å²) >= 11 is 0. The number of aromatic hydroxyl groups is 1. The molecule has 1 aliphatic rings. The number of aromatic amines is 1. The van der Waals surface area contributed by atoms with Gasteiger partial charge in [0, 0.05) is 18.7 Å². The van der Waals surface area contributed by atoms with Crippen molar-refractivity contribution in [2.45, 2.75) is 46.2 Å². The van der Waals surface area contributed by atoms with E-state index in [-0.39, 0.29) is 28.2 Å². The van der Waals surface area contributed by atoms with E-state index in [1.807, 2.05) is 20.8 Å². The maximum atomic E-state index is 12.9. The molecule has 9 heteroatoms. The lowest BCUT2D eigenvalue weighted by molar-refractivity contribution is 0.0944. The van der Waals surface area contributed by atoms with E-state index in [4.69, 9.17) is 0 Å². The standard InChI is InChI=1S/C18H21N5O4/c1-18(2,3)8-22-15-10-6-7-11(24)20-13(10)21-23(15)17(27)12(16(22)26)14(25)19-9-4-5-9/h6-7,9,26H,4-5,8H2,1-3H3,(H,19,25)(H,20,21,24). The van der Waals surface area contributed by atoms with Crippen molar-refractivity contribution in [1.29, 1.82) is 0 Å². The minimum Gasteiger partial charge on any atom is -0.494 e. The van der Waals surface area contributed by atoms with Gasteiger partial charge in [-0.25, -0.2) is 0 Å². The number of amides is 1. The normalized spacial score (nSPS) is 14.8. The summed E-state index contributed by atoms with van der Waals surface area (Å²) in [7, 11) is 0. The number of nitrogens with one attached hydrogen (secondary N) is 2. The highest BCUT2D eigenvalue weighted by Gasteiger charge is 2.30. The summed E-state index contributed by atoms with van der Waals surface area (Å²) in [4.78, 5) is 39.7. The molecule has 27 heavy (non-hydrogen) atoms. The Balaban J connectivity index is 2.07. The van der Waals surface area contributed by atoms with Gasteiger partial charge in [-0.05, 0) is 24.3 Å². The van der Waals surface area contributed by atoms with Crippen molar-refractivity contribution >= 4 is 22.6 Å². The highest BCUT2D eigenvalue weighted by Crippen LogP contribution is 2.28. The lowest BCUT2D eigenvalue weighted by Gasteiger charge is -2.23. The fourth-order valence-corrected chi connectivity index (χ4v) is 3.13. The summed E-state index contributed by atoms with van der Waals surface area (Å²) < 4.78 is 2.59. The zero-order valence-electron chi connectivity index (χ0n) is 15.4. The number of fused-ring (bicyclic) bond motifs is 3. The molecule has 1 saturated carbocycles. The predicted molar refractivity (Wildman–Crippen MR) is 99.2 cm³/mol. The molecule has 0 unspecified atom stereocenters. The van der Waals surface area contributed by atoms with Gasteiger partial charge in [0.05, 0.1) is 5.39 Å². The van der Waals surface area contributed by atoms with Crippen LogP contribution in [0.15, 0.2) is 21.7 Å². The molecular weight excluding hydrogens is 350 g/mol. The largest absolute Gasteiger partial charge is 0.494 e. The van der Waals surface area contributed by atoms with Crippen LogP contribution in [0, 0.1) is 5.41 Å². The first kappa shape index (κ1) is 17.3. The van der Waals surface area contributed by atoms with E-state index in [0.717, 1.165) is 17.4 Å². The van der Waals surface area contributed by atoms with Gasteiger partial charge >= 0.3 is 0 Å².